The summed E-state index contributed by atoms with van der Waals surface area (Å²) in [6, 6.07) is 3.45. The lowest BCUT2D eigenvalue weighted by atomic mass is 10.3. The number of hydrogen-bond donors (Lipinski definition) is 1. The first kappa shape index (κ1) is 11.8. The molecule has 1 saturated heterocycles. The lowest BCUT2D eigenvalue weighted by Crippen LogP contribution is -2.33. The minimum Gasteiger partial charge on any atom is -0.461 e. The summed E-state index contributed by atoms with van der Waals surface area (Å²) in [6.45, 7) is 0.957. The minimum absolute atomic E-state index is 0.0143. The van der Waals surface area contributed by atoms with Crippen LogP contribution in [-0.4, -0.2) is 55.3 Å². The Labute approximate surface area is 108 Å². The van der Waals surface area contributed by atoms with Gasteiger partial charge in [0.2, 0.25) is 11.7 Å². The molecule has 8 nitrogen and oxygen atoms in total. The third-order valence-electron chi connectivity index (χ3n) is 2.99. The smallest absolute Gasteiger partial charge is 0.246 e. The number of β-amino-alcohol motifs (C(OH)–C–C–N with tert-alkyl or cyclic N) is 1. The molecule has 0 aromatic carbocycles. The van der Waals surface area contributed by atoms with E-state index in [0.717, 1.165) is 0 Å². The van der Waals surface area contributed by atoms with Gasteiger partial charge >= 0.3 is 0 Å². The molecule has 19 heavy (non-hydrogen) atoms. The van der Waals surface area contributed by atoms with Crippen LogP contribution in [0.15, 0.2) is 22.8 Å². The van der Waals surface area contributed by atoms with Gasteiger partial charge in [-0.2, -0.15) is 4.80 Å². The molecule has 1 unspecified atom stereocenters. The van der Waals surface area contributed by atoms with Crippen LogP contribution >= 0.6 is 0 Å². The van der Waals surface area contributed by atoms with Gasteiger partial charge in [-0.3, -0.25) is 4.79 Å². The first-order chi connectivity index (χ1) is 9.22. The van der Waals surface area contributed by atoms with Gasteiger partial charge in [-0.1, -0.05) is 0 Å². The Bertz CT molecular complexity index is 565. The van der Waals surface area contributed by atoms with E-state index in [4.69, 9.17) is 4.42 Å². The third kappa shape index (κ3) is 2.48. The second-order valence-electron chi connectivity index (χ2n) is 4.40. The number of amides is 1. The van der Waals surface area contributed by atoms with E-state index >= 15 is 0 Å². The Morgan fingerprint density at radius 2 is 2.47 bits per heavy atom. The quantitative estimate of drug-likeness (QED) is 0.803. The molecule has 1 atom stereocenters. The fourth-order valence-electron chi connectivity index (χ4n) is 2.00. The maximum atomic E-state index is 11.9. The lowest BCUT2D eigenvalue weighted by molar-refractivity contribution is -0.131. The summed E-state index contributed by atoms with van der Waals surface area (Å²) >= 11 is 0. The fourth-order valence-corrected chi connectivity index (χ4v) is 2.00. The standard InChI is InChI=1S/C11H13N5O3/c17-8-3-4-15(6-8)10(18)7-16-13-11(12-14-16)9-2-1-5-19-9/h1-2,5,8,17H,3-4,6-7H2. The molecule has 8 heteroatoms. The normalized spacial score (nSPS) is 19.0. The van der Waals surface area contributed by atoms with Gasteiger partial charge in [-0.25, -0.2) is 0 Å². The van der Waals surface area contributed by atoms with Gasteiger partial charge in [0.1, 0.15) is 6.54 Å². The highest BCUT2D eigenvalue weighted by Gasteiger charge is 2.25. The van der Waals surface area contributed by atoms with Crippen molar-refractivity contribution in [1.29, 1.82) is 0 Å². The number of hydrogen-bond acceptors (Lipinski definition) is 6. The predicted octanol–water partition coefficient (Wildman–Crippen LogP) is -0.474. The van der Waals surface area contributed by atoms with Gasteiger partial charge in [-0.15, -0.1) is 10.2 Å². The van der Waals surface area contributed by atoms with Crippen LogP contribution < -0.4 is 0 Å². The van der Waals surface area contributed by atoms with Gasteiger partial charge in [0.15, 0.2) is 5.76 Å². The Morgan fingerprint density at radius 3 is 3.16 bits per heavy atom. The number of aromatic nitrogens is 4. The molecular weight excluding hydrogens is 250 g/mol. The van der Waals surface area contributed by atoms with E-state index in [2.05, 4.69) is 15.4 Å². The average molecular weight is 263 g/mol. The van der Waals surface area contributed by atoms with Gasteiger partial charge in [0, 0.05) is 13.1 Å². The molecule has 0 radical (unpaired) electrons. The number of carbonyl (C=O) groups is 1. The van der Waals surface area contributed by atoms with E-state index in [9.17, 15) is 9.90 Å². The number of likely N-dealkylation sites (tertiary alicyclic amines) is 1. The molecule has 1 N–H and O–H groups in total. The van der Waals surface area contributed by atoms with Gasteiger partial charge in [0.25, 0.3) is 0 Å². The van der Waals surface area contributed by atoms with Crippen molar-refractivity contribution in [3.05, 3.63) is 18.4 Å². The molecule has 0 aliphatic carbocycles. The number of tetrazole rings is 1. The van der Waals surface area contributed by atoms with Crippen molar-refractivity contribution >= 4 is 5.91 Å². The van der Waals surface area contributed by atoms with Crippen molar-refractivity contribution in [2.75, 3.05) is 13.1 Å². The third-order valence-corrected chi connectivity index (χ3v) is 2.99. The second-order valence-corrected chi connectivity index (χ2v) is 4.40. The number of furan rings is 1. The van der Waals surface area contributed by atoms with E-state index in [0.29, 0.717) is 31.1 Å². The zero-order valence-corrected chi connectivity index (χ0v) is 10.1. The monoisotopic (exact) mass is 263 g/mol. The van der Waals surface area contributed by atoms with Crippen molar-refractivity contribution in [2.24, 2.45) is 0 Å². The molecule has 0 saturated carbocycles. The largest absolute Gasteiger partial charge is 0.461 e. The van der Waals surface area contributed by atoms with Crippen LogP contribution in [0.4, 0.5) is 0 Å². The fraction of sp³-hybridized carbons (Fsp3) is 0.455. The summed E-state index contributed by atoms with van der Waals surface area (Å²) in [4.78, 5) is 14.7. The van der Waals surface area contributed by atoms with Crippen molar-refractivity contribution in [3.63, 3.8) is 0 Å². The highest BCUT2D eigenvalue weighted by atomic mass is 16.3. The van der Waals surface area contributed by atoms with Crippen LogP contribution in [0.2, 0.25) is 0 Å². The number of aliphatic hydroxyl groups is 1. The Kier molecular flexibility index (Phi) is 3.00. The average Bonchev–Trinajstić information content (AvgIpc) is 3.07. The molecule has 1 amide bonds. The first-order valence-corrected chi connectivity index (χ1v) is 6.00. The van der Waals surface area contributed by atoms with Crippen molar-refractivity contribution < 1.29 is 14.3 Å². The van der Waals surface area contributed by atoms with Crippen molar-refractivity contribution in [3.8, 4) is 11.6 Å². The van der Waals surface area contributed by atoms with E-state index in [1.807, 2.05) is 0 Å². The van der Waals surface area contributed by atoms with Gasteiger partial charge < -0.3 is 14.4 Å². The molecule has 0 bridgehead atoms. The summed E-state index contributed by atoms with van der Waals surface area (Å²) < 4.78 is 5.14. The van der Waals surface area contributed by atoms with Crippen molar-refractivity contribution in [2.45, 2.75) is 19.1 Å². The zero-order valence-electron chi connectivity index (χ0n) is 10.1. The first-order valence-electron chi connectivity index (χ1n) is 6.00. The maximum Gasteiger partial charge on any atom is 0.246 e. The molecule has 2 aromatic heterocycles. The summed E-state index contributed by atoms with van der Waals surface area (Å²) in [5, 5.41) is 21.1. The minimum atomic E-state index is -0.425. The molecular formula is C11H13N5O3. The van der Waals surface area contributed by atoms with E-state index in [-0.39, 0.29) is 12.5 Å². The summed E-state index contributed by atoms with van der Waals surface area (Å²) in [6.07, 6.45) is 1.72. The molecule has 100 valence electrons. The Balaban J connectivity index is 1.66. The molecule has 2 aromatic rings. The van der Waals surface area contributed by atoms with Crippen molar-refractivity contribution in [1.82, 2.24) is 25.1 Å². The Hall–Kier alpha value is -2.22. The molecule has 1 fully saturated rings. The number of nitrogens with zero attached hydrogens (tertiary/aromatic N) is 5. The van der Waals surface area contributed by atoms with Crippen LogP contribution in [0.3, 0.4) is 0 Å². The molecule has 1 aliphatic rings. The number of aliphatic hydroxyl groups excluding tert-OH is 1. The summed E-state index contributed by atoms with van der Waals surface area (Å²) in [7, 11) is 0. The Morgan fingerprint density at radius 1 is 1.58 bits per heavy atom. The van der Waals surface area contributed by atoms with Gasteiger partial charge in [0.05, 0.1) is 12.4 Å². The van der Waals surface area contributed by atoms with Gasteiger partial charge in [-0.05, 0) is 23.8 Å². The van der Waals surface area contributed by atoms with E-state index in [1.54, 1.807) is 17.0 Å². The summed E-state index contributed by atoms with van der Waals surface area (Å²) in [5.74, 6) is 0.731. The second kappa shape index (κ2) is 4.81. The van der Waals surface area contributed by atoms with E-state index < -0.39 is 6.10 Å². The molecule has 3 heterocycles. The molecule has 1 aliphatic heterocycles. The number of carbonyl (C=O) groups excluding carboxylic acids is 1. The predicted molar refractivity (Wildman–Crippen MR) is 62.7 cm³/mol. The highest BCUT2D eigenvalue weighted by molar-refractivity contribution is 5.76. The number of rotatable bonds is 3. The maximum absolute atomic E-state index is 11.9. The van der Waals surface area contributed by atoms with Crippen LogP contribution in [0.25, 0.3) is 11.6 Å². The SMILES string of the molecule is O=C(Cn1nnc(-c2ccco2)n1)N1CCC(O)C1. The van der Waals surface area contributed by atoms with Crippen LogP contribution in [0, 0.1) is 0 Å². The van der Waals surface area contributed by atoms with Crippen LogP contribution in [-0.2, 0) is 11.3 Å². The van der Waals surface area contributed by atoms with Crippen LogP contribution in [0.5, 0.6) is 0 Å². The summed E-state index contributed by atoms with van der Waals surface area (Å²) in [5.41, 5.74) is 0. The van der Waals surface area contributed by atoms with E-state index in [1.165, 1.54) is 11.1 Å². The molecule has 3 rings (SSSR count). The topological polar surface area (TPSA) is 97.3 Å². The van der Waals surface area contributed by atoms with Crippen LogP contribution in [0.1, 0.15) is 6.42 Å². The zero-order chi connectivity index (χ0) is 13.2. The molecule has 0 spiro atoms. The lowest BCUT2D eigenvalue weighted by Gasteiger charge is -2.14. The highest BCUT2D eigenvalue weighted by Crippen LogP contribution is 2.13.